The van der Waals surface area contributed by atoms with E-state index in [2.05, 4.69) is 27.4 Å². The predicted octanol–water partition coefficient (Wildman–Crippen LogP) is 2.48. The van der Waals surface area contributed by atoms with Gasteiger partial charge in [-0.2, -0.15) is 0 Å². The van der Waals surface area contributed by atoms with Gasteiger partial charge in [-0.3, -0.25) is 0 Å². The maximum Gasteiger partial charge on any atom is 0.243 e. The third-order valence-corrected chi connectivity index (χ3v) is 3.37. The van der Waals surface area contributed by atoms with Crippen LogP contribution in [-0.2, 0) is 0 Å². The van der Waals surface area contributed by atoms with Crippen molar-refractivity contribution in [1.29, 1.82) is 0 Å². The molecule has 17 heavy (non-hydrogen) atoms. The van der Waals surface area contributed by atoms with Gasteiger partial charge in [0.05, 0.1) is 5.52 Å². The highest BCUT2D eigenvalue weighted by Gasteiger charge is 2.27. The fourth-order valence-electron chi connectivity index (χ4n) is 2.04. The summed E-state index contributed by atoms with van der Waals surface area (Å²) in [6, 6.07) is 7.79. The zero-order valence-electron chi connectivity index (χ0n) is 9.93. The highest BCUT2D eigenvalue weighted by atomic mass is 15.2. The van der Waals surface area contributed by atoms with Crippen molar-refractivity contribution in [3.05, 3.63) is 24.3 Å². The van der Waals surface area contributed by atoms with Gasteiger partial charge in [-0.05, 0) is 36.8 Å². The van der Waals surface area contributed by atoms with Gasteiger partial charge in [0.1, 0.15) is 5.52 Å². The van der Waals surface area contributed by atoms with Crippen LogP contribution in [0.5, 0.6) is 0 Å². The molecule has 0 amide bonds. The van der Waals surface area contributed by atoms with Crippen molar-refractivity contribution >= 4 is 17.0 Å². The fourth-order valence-corrected chi connectivity index (χ4v) is 2.04. The minimum Gasteiger partial charge on any atom is -0.353 e. The van der Waals surface area contributed by atoms with Gasteiger partial charge < -0.3 is 5.32 Å². The number of fused-ring (bicyclic) bond motifs is 1. The maximum absolute atomic E-state index is 4.44. The molecule has 1 aromatic heterocycles. The van der Waals surface area contributed by atoms with Gasteiger partial charge in [-0.25, -0.2) is 4.98 Å². The quantitative estimate of drug-likeness (QED) is 0.873. The molecular formula is C13H16N4. The number of hydrogen-bond donors (Lipinski definition) is 1. The van der Waals surface area contributed by atoms with E-state index in [1.165, 1.54) is 12.8 Å². The van der Waals surface area contributed by atoms with E-state index < -0.39 is 0 Å². The van der Waals surface area contributed by atoms with Crippen molar-refractivity contribution in [2.45, 2.75) is 19.8 Å². The van der Waals surface area contributed by atoms with Crippen LogP contribution in [-0.4, -0.2) is 21.7 Å². The van der Waals surface area contributed by atoms with Crippen molar-refractivity contribution in [1.82, 2.24) is 15.2 Å². The van der Waals surface area contributed by atoms with Crippen LogP contribution < -0.4 is 5.32 Å². The Morgan fingerprint density at radius 2 is 2.00 bits per heavy atom. The molecule has 0 bridgehead atoms. The summed E-state index contributed by atoms with van der Waals surface area (Å²) in [4.78, 5) is 4.44. The number of hydrogen-bond acceptors (Lipinski definition) is 4. The third-order valence-electron chi connectivity index (χ3n) is 3.37. The Balaban J connectivity index is 1.71. The van der Waals surface area contributed by atoms with Crippen LogP contribution in [0.3, 0.4) is 0 Å². The van der Waals surface area contributed by atoms with E-state index in [-0.39, 0.29) is 0 Å². The Labute approximate surface area is 100 Å². The van der Waals surface area contributed by atoms with Crippen molar-refractivity contribution in [3.63, 3.8) is 0 Å². The molecule has 3 rings (SSSR count). The summed E-state index contributed by atoms with van der Waals surface area (Å²) in [6.07, 6.45) is 2.75. The average Bonchev–Trinajstić information content (AvgIpc) is 3.20. The number of nitrogens with zero attached hydrogens (tertiary/aromatic N) is 3. The zero-order valence-corrected chi connectivity index (χ0v) is 9.93. The Kier molecular flexibility index (Phi) is 2.63. The summed E-state index contributed by atoms with van der Waals surface area (Å²) in [5.41, 5.74) is 1.73. The normalized spacial score (nSPS) is 17.0. The smallest absolute Gasteiger partial charge is 0.243 e. The van der Waals surface area contributed by atoms with Crippen LogP contribution >= 0.6 is 0 Å². The van der Waals surface area contributed by atoms with Crippen molar-refractivity contribution in [3.8, 4) is 0 Å². The molecule has 0 saturated heterocycles. The monoisotopic (exact) mass is 228 g/mol. The Bertz CT molecular complexity index is 522. The van der Waals surface area contributed by atoms with Crippen LogP contribution in [0.4, 0.5) is 5.95 Å². The Hall–Kier alpha value is -1.71. The molecule has 1 N–H and O–H groups in total. The van der Waals surface area contributed by atoms with Crippen LogP contribution in [0.1, 0.15) is 19.8 Å². The lowest BCUT2D eigenvalue weighted by Crippen LogP contribution is -2.15. The topological polar surface area (TPSA) is 50.7 Å². The molecule has 2 aromatic rings. The summed E-state index contributed by atoms with van der Waals surface area (Å²) in [7, 11) is 0. The zero-order chi connectivity index (χ0) is 11.7. The van der Waals surface area contributed by atoms with Crippen LogP contribution in [0.15, 0.2) is 24.3 Å². The lowest BCUT2D eigenvalue weighted by Gasteiger charge is -2.10. The number of anilines is 1. The molecule has 0 spiro atoms. The summed E-state index contributed by atoms with van der Waals surface area (Å²) >= 11 is 0. The van der Waals surface area contributed by atoms with Crippen LogP contribution in [0.25, 0.3) is 11.0 Å². The van der Waals surface area contributed by atoms with Gasteiger partial charge in [0.15, 0.2) is 0 Å². The number of aromatic nitrogens is 3. The van der Waals surface area contributed by atoms with Gasteiger partial charge in [0, 0.05) is 6.54 Å². The second-order valence-electron chi connectivity index (χ2n) is 4.82. The molecule has 4 heteroatoms. The SMILES string of the molecule is CC(CNc1nnc2ccccc2n1)C1CC1. The van der Waals surface area contributed by atoms with Gasteiger partial charge >= 0.3 is 0 Å². The Morgan fingerprint density at radius 3 is 2.76 bits per heavy atom. The highest BCUT2D eigenvalue weighted by molar-refractivity contribution is 5.73. The van der Waals surface area contributed by atoms with E-state index in [0.717, 1.165) is 23.5 Å². The molecule has 1 saturated carbocycles. The first-order valence-electron chi connectivity index (χ1n) is 6.16. The second-order valence-corrected chi connectivity index (χ2v) is 4.82. The van der Waals surface area contributed by atoms with Crippen molar-refractivity contribution < 1.29 is 0 Å². The molecule has 1 heterocycles. The van der Waals surface area contributed by atoms with E-state index in [4.69, 9.17) is 0 Å². The van der Waals surface area contributed by atoms with Gasteiger partial charge in [-0.1, -0.05) is 19.1 Å². The van der Waals surface area contributed by atoms with Gasteiger partial charge in [0.25, 0.3) is 0 Å². The average molecular weight is 228 g/mol. The summed E-state index contributed by atoms with van der Waals surface area (Å²) in [6.45, 7) is 3.21. The minimum absolute atomic E-state index is 0.635. The van der Waals surface area contributed by atoms with E-state index in [9.17, 15) is 0 Å². The molecular weight excluding hydrogens is 212 g/mol. The molecule has 1 unspecified atom stereocenters. The van der Waals surface area contributed by atoms with Gasteiger partial charge in [-0.15, -0.1) is 10.2 Å². The first-order chi connectivity index (χ1) is 8.33. The third kappa shape index (κ3) is 2.35. The summed E-state index contributed by atoms with van der Waals surface area (Å²) < 4.78 is 0. The van der Waals surface area contributed by atoms with Crippen molar-refractivity contribution in [2.24, 2.45) is 11.8 Å². The molecule has 1 aliphatic carbocycles. The molecule has 1 aliphatic rings. The lowest BCUT2D eigenvalue weighted by molar-refractivity contribution is 0.535. The first kappa shape index (κ1) is 10.4. The molecule has 88 valence electrons. The van der Waals surface area contributed by atoms with E-state index >= 15 is 0 Å². The maximum atomic E-state index is 4.44. The van der Waals surface area contributed by atoms with Crippen LogP contribution in [0, 0.1) is 11.8 Å². The lowest BCUT2D eigenvalue weighted by atomic mass is 10.1. The number of nitrogens with one attached hydrogen (secondary N) is 1. The second kappa shape index (κ2) is 4.28. The van der Waals surface area contributed by atoms with E-state index in [1.54, 1.807) is 0 Å². The van der Waals surface area contributed by atoms with Crippen LogP contribution in [0.2, 0.25) is 0 Å². The number of rotatable bonds is 4. The molecule has 0 radical (unpaired) electrons. The van der Waals surface area contributed by atoms with Crippen molar-refractivity contribution in [2.75, 3.05) is 11.9 Å². The molecule has 1 aromatic carbocycles. The summed E-state index contributed by atoms with van der Waals surface area (Å²) in [5.74, 6) is 2.23. The van der Waals surface area contributed by atoms with Gasteiger partial charge in [0.2, 0.25) is 5.95 Å². The fraction of sp³-hybridized carbons (Fsp3) is 0.462. The minimum atomic E-state index is 0.635. The molecule has 1 atom stereocenters. The largest absolute Gasteiger partial charge is 0.353 e. The number of para-hydroxylation sites is 1. The predicted molar refractivity (Wildman–Crippen MR) is 67.7 cm³/mol. The first-order valence-corrected chi connectivity index (χ1v) is 6.16. The summed E-state index contributed by atoms with van der Waals surface area (Å²) in [5, 5.41) is 11.5. The standard InChI is InChI=1S/C13H16N4/c1-9(10-6-7-10)8-14-13-15-11-4-2-3-5-12(11)16-17-13/h2-5,9-10H,6-8H2,1H3,(H,14,15,17). The molecule has 0 aliphatic heterocycles. The highest BCUT2D eigenvalue weighted by Crippen LogP contribution is 2.36. The van der Waals surface area contributed by atoms with E-state index in [0.29, 0.717) is 11.9 Å². The number of benzene rings is 1. The molecule has 1 fully saturated rings. The molecule has 4 nitrogen and oxygen atoms in total. The van der Waals surface area contributed by atoms with E-state index in [1.807, 2.05) is 24.3 Å². The Morgan fingerprint density at radius 1 is 1.24 bits per heavy atom.